The first-order valence-corrected chi connectivity index (χ1v) is 6.81. The van der Waals surface area contributed by atoms with Gasteiger partial charge in [0.15, 0.2) is 0 Å². The quantitative estimate of drug-likeness (QED) is 0.910. The van der Waals surface area contributed by atoms with E-state index in [2.05, 4.69) is 5.32 Å². The molecule has 0 saturated carbocycles. The molecule has 0 fully saturated rings. The lowest BCUT2D eigenvalue weighted by Crippen LogP contribution is -2.49. The maximum Gasteiger partial charge on any atom is 0.326 e. The van der Waals surface area contributed by atoms with E-state index in [1.54, 1.807) is 32.9 Å². The van der Waals surface area contributed by atoms with Gasteiger partial charge in [0.25, 0.3) is 5.91 Å². The largest absolute Gasteiger partial charge is 0.480 e. The number of hydrogen-bond donors (Lipinski definition) is 2. The normalized spacial score (nSPS) is 12.9. The van der Waals surface area contributed by atoms with Crippen LogP contribution in [0.1, 0.15) is 31.1 Å². The van der Waals surface area contributed by atoms with Crippen molar-refractivity contribution < 1.29 is 14.7 Å². The Hall–Kier alpha value is -2.36. The zero-order valence-corrected chi connectivity index (χ0v) is 12.4. The van der Waals surface area contributed by atoms with Gasteiger partial charge in [0.1, 0.15) is 6.04 Å². The Labute approximate surface area is 123 Å². The molecule has 1 amide bonds. The summed E-state index contributed by atoms with van der Waals surface area (Å²) in [5.41, 5.74) is -0.0950. The van der Waals surface area contributed by atoms with Crippen LogP contribution in [0.5, 0.6) is 0 Å². The SMILES string of the molecule is CC(C)(C)C(NC(=O)c1ccc2ccccc2c1)C(=O)O. The fourth-order valence-corrected chi connectivity index (χ4v) is 2.19. The van der Waals surface area contributed by atoms with Gasteiger partial charge in [-0.05, 0) is 28.3 Å². The van der Waals surface area contributed by atoms with Crippen molar-refractivity contribution in [2.24, 2.45) is 5.41 Å². The first kappa shape index (κ1) is 15.0. The summed E-state index contributed by atoms with van der Waals surface area (Å²) in [6.07, 6.45) is 0. The third kappa shape index (κ3) is 3.40. The molecule has 0 spiro atoms. The minimum atomic E-state index is -1.03. The molecule has 21 heavy (non-hydrogen) atoms. The molecule has 2 N–H and O–H groups in total. The number of carboxylic acid groups (broad SMARTS) is 1. The number of hydrogen-bond acceptors (Lipinski definition) is 2. The minimum absolute atomic E-state index is 0.372. The number of rotatable bonds is 3. The number of carboxylic acids is 1. The average molecular weight is 285 g/mol. The molecule has 2 aromatic carbocycles. The van der Waals surface area contributed by atoms with Crippen LogP contribution in [0.3, 0.4) is 0 Å². The van der Waals surface area contributed by atoms with Gasteiger partial charge >= 0.3 is 5.97 Å². The van der Waals surface area contributed by atoms with Crippen molar-refractivity contribution in [3.8, 4) is 0 Å². The molecule has 1 unspecified atom stereocenters. The first-order valence-electron chi connectivity index (χ1n) is 6.81. The molecule has 0 aliphatic rings. The summed E-state index contributed by atoms with van der Waals surface area (Å²) in [6, 6.07) is 12.1. The van der Waals surface area contributed by atoms with Crippen LogP contribution in [0, 0.1) is 5.41 Å². The Morgan fingerprint density at radius 3 is 2.24 bits per heavy atom. The molecule has 0 aliphatic carbocycles. The summed E-state index contributed by atoms with van der Waals surface area (Å²) in [5.74, 6) is -1.40. The smallest absolute Gasteiger partial charge is 0.326 e. The standard InChI is InChI=1S/C17H19NO3/c1-17(2,3)14(16(20)21)18-15(19)13-9-8-11-6-4-5-7-12(11)10-13/h4-10,14H,1-3H3,(H,18,19)(H,20,21). The van der Waals surface area contributed by atoms with Crippen LogP contribution in [0.2, 0.25) is 0 Å². The van der Waals surface area contributed by atoms with Gasteiger partial charge in [0.05, 0.1) is 0 Å². The number of nitrogens with one attached hydrogen (secondary N) is 1. The van der Waals surface area contributed by atoms with E-state index in [4.69, 9.17) is 0 Å². The van der Waals surface area contributed by atoms with E-state index in [1.807, 2.05) is 30.3 Å². The van der Waals surface area contributed by atoms with E-state index in [0.29, 0.717) is 5.56 Å². The van der Waals surface area contributed by atoms with Crippen molar-refractivity contribution >= 4 is 22.6 Å². The second-order valence-electron chi connectivity index (χ2n) is 6.17. The van der Waals surface area contributed by atoms with Crippen molar-refractivity contribution in [2.45, 2.75) is 26.8 Å². The van der Waals surface area contributed by atoms with Gasteiger partial charge in [-0.1, -0.05) is 51.1 Å². The number of fused-ring (bicyclic) bond motifs is 1. The molecular formula is C17H19NO3. The van der Waals surface area contributed by atoms with Gasteiger partial charge < -0.3 is 10.4 Å². The van der Waals surface area contributed by atoms with Crippen LogP contribution in [0.25, 0.3) is 10.8 Å². The lowest BCUT2D eigenvalue weighted by Gasteiger charge is -2.27. The van der Waals surface area contributed by atoms with Gasteiger partial charge in [-0.2, -0.15) is 0 Å². The summed E-state index contributed by atoms with van der Waals surface area (Å²) in [7, 11) is 0. The number of amides is 1. The highest BCUT2D eigenvalue weighted by Crippen LogP contribution is 2.21. The molecule has 4 nitrogen and oxygen atoms in total. The Balaban J connectivity index is 2.27. The molecule has 4 heteroatoms. The third-order valence-corrected chi connectivity index (χ3v) is 3.40. The predicted molar refractivity (Wildman–Crippen MR) is 82.3 cm³/mol. The van der Waals surface area contributed by atoms with E-state index in [1.165, 1.54) is 0 Å². The maximum atomic E-state index is 12.3. The Kier molecular flexibility index (Phi) is 3.98. The fourth-order valence-electron chi connectivity index (χ4n) is 2.19. The number of carbonyl (C=O) groups excluding carboxylic acids is 1. The van der Waals surface area contributed by atoms with Crippen LogP contribution < -0.4 is 5.32 Å². The van der Waals surface area contributed by atoms with Crippen LogP contribution in [-0.4, -0.2) is 23.0 Å². The monoisotopic (exact) mass is 285 g/mol. The van der Waals surface area contributed by atoms with Crippen LogP contribution >= 0.6 is 0 Å². The zero-order valence-electron chi connectivity index (χ0n) is 12.4. The molecular weight excluding hydrogens is 266 g/mol. The third-order valence-electron chi connectivity index (χ3n) is 3.40. The molecule has 110 valence electrons. The lowest BCUT2D eigenvalue weighted by molar-refractivity contribution is -0.142. The molecule has 2 rings (SSSR count). The van der Waals surface area contributed by atoms with Gasteiger partial charge in [0.2, 0.25) is 0 Å². The van der Waals surface area contributed by atoms with Crippen molar-refractivity contribution in [2.75, 3.05) is 0 Å². The van der Waals surface area contributed by atoms with Gasteiger partial charge in [-0.25, -0.2) is 4.79 Å². The highest BCUT2D eigenvalue weighted by atomic mass is 16.4. The highest BCUT2D eigenvalue weighted by molar-refractivity contribution is 6.00. The van der Waals surface area contributed by atoms with E-state index >= 15 is 0 Å². The molecule has 0 aliphatic heterocycles. The molecule has 2 aromatic rings. The van der Waals surface area contributed by atoms with Crippen LogP contribution in [0.4, 0.5) is 0 Å². The van der Waals surface area contributed by atoms with Gasteiger partial charge in [-0.15, -0.1) is 0 Å². The molecule has 0 aromatic heterocycles. The molecule has 0 radical (unpaired) electrons. The first-order chi connectivity index (χ1) is 9.79. The van der Waals surface area contributed by atoms with E-state index in [9.17, 15) is 14.7 Å². The molecule has 1 atom stereocenters. The Bertz CT molecular complexity index is 686. The van der Waals surface area contributed by atoms with Crippen molar-refractivity contribution in [1.29, 1.82) is 0 Å². The fraction of sp³-hybridized carbons (Fsp3) is 0.294. The summed E-state index contributed by atoms with van der Waals surface area (Å²) < 4.78 is 0. The topological polar surface area (TPSA) is 66.4 Å². The Morgan fingerprint density at radius 1 is 1.05 bits per heavy atom. The Morgan fingerprint density at radius 2 is 1.67 bits per heavy atom. The van der Waals surface area contributed by atoms with Gasteiger partial charge in [-0.3, -0.25) is 4.79 Å². The highest BCUT2D eigenvalue weighted by Gasteiger charge is 2.32. The maximum absolute atomic E-state index is 12.3. The number of carbonyl (C=O) groups is 2. The summed E-state index contributed by atoms with van der Waals surface area (Å²) in [6.45, 7) is 5.35. The predicted octanol–water partition coefficient (Wildman–Crippen LogP) is 3.07. The second-order valence-corrected chi connectivity index (χ2v) is 6.17. The summed E-state index contributed by atoms with van der Waals surface area (Å²) >= 11 is 0. The van der Waals surface area contributed by atoms with Crippen molar-refractivity contribution in [3.05, 3.63) is 48.0 Å². The minimum Gasteiger partial charge on any atom is -0.480 e. The van der Waals surface area contributed by atoms with E-state index < -0.39 is 17.4 Å². The molecule has 0 saturated heterocycles. The van der Waals surface area contributed by atoms with E-state index in [0.717, 1.165) is 10.8 Å². The number of benzene rings is 2. The number of aliphatic carboxylic acids is 1. The van der Waals surface area contributed by atoms with Crippen molar-refractivity contribution in [1.82, 2.24) is 5.32 Å². The zero-order chi connectivity index (χ0) is 15.6. The molecule has 0 heterocycles. The van der Waals surface area contributed by atoms with Crippen LogP contribution in [-0.2, 0) is 4.79 Å². The van der Waals surface area contributed by atoms with Gasteiger partial charge in [0, 0.05) is 5.56 Å². The second kappa shape index (κ2) is 5.56. The average Bonchev–Trinajstić information content (AvgIpc) is 2.42. The summed E-state index contributed by atoms with van der Waals surface area (Å²) in [5, 5.41) is 13.9. The summed E-state index contributed by atoms with van der Waals surface area (Å²) in [4.78, 5) is 23.6. The van der Waals surface area contributed by atoms with E-state index in [-0.39, 0.29) is 5.91 Å². The lowest BCUT2D eigenvalue weighted by atomic mass is 9.86. The van der Waals surface area contributed by atoms with Crippen molar-refractivity contribution in [3.63, 3.8) is 0 Å². The molecule has 0 bridgehead atoms. The van der Waals surface area contributed by atoms with Crippen LogP contribution in [0.15, 0.2) is 42.5 Å².